The molecule has 0 aromatic heterocycles. The van der Waals surface area contributed by atoms with Crippen LogP contribution >= 0.6 is 0 Å². The number of hydrogen-bond donors (Lipinski definition) is 1. The molecule has 1 unspecified atom stereocenters. The molecule has 1 aliphatic rings. The third kappa shape index (κ3) is 1.24. The zero-order valence-corrected chi connectivity index (χ0v) is 5.35. The van der Waals surface area contributed by atoms with Gasteiger partial charge in [0, 0.05) is 12.0 Å². The SMILES string of the molecule is OCC1=C(F)C=CCC1F. The van der Waals surface area contributed by atoms with Gasteiger partial charge in [0.1, 0.15) is 12.0 Å². The number of allylic oxidation sites excluding steroid dienone is 3. The van der Waals surface area contributed by atoms with Gasteiger partial charge in [-0.15, -0.1) is 0 Å². The van der Waals surface area contributed by atoms with Crippen molar-refractivity contribution in [3.8, 4) is 0 Å². The van der Waals surface area contributed by atoms with E-state index in [-0.39, 0.29) is 12.0 Å². The first-order valence-corrected chi connectivity index (χ1v) is 3.05. The predicted octanol–water partition coefficient (Wildman–Crippen LogP) is 1.50. The zero-order chi connectivity index (χ0) is 7.56. The average Bonchev–Trinajstić information content (AvgIpc) is 1.88. The van der Waals surface area contributed by atoms with Crippen LogP contribution in [0.25, 0.3) is 0 Å². The van der Waals surface area contributed by atoms with Crippen molar-refractivity contribution in [2.45, 2.75) is 12.6 Å². The highest BCUT2D eigenvalue weighted by Gasteiger charge is 2.17. The molecule has 1 nitrogen and oxygen atoms in total. The molecule has 0 saturated carbocycles. The van der Waals surface area contributed by atoms with Crippen molar-refractivity contribution >= 4 is 0 Å². The summed E-state index contributed by atoms with van der Waals surface area (Å²) in [6.45, 7) is -0.530. The third-order valence-corrected chi connectivity index (χ3v) is 1.46. The molecule has 3 heteroatoms. The van der Waals surface area contributed by atoms with Crippen LogP contribution in [0, 0.1) is 0 Å². The molecule has 0 radical (unpaired) electrons. The average molecular weight is 146 g/mol. The van der Waals surface area contributed by atoms with E-state index in [0.29, 0.717) is 0 Å². The van der Waals surface area contributed by atoms with E-state index in [1.807, 2.05) is 0 Å². The summed E-state index contributed by atoms with van der Waals surface area (Å²) < 4.78 is 25.1. The summed E-state index contributed by atoms with van der Waals surface area (Å²) in [5.41, 5.74) is -0.137. The van der Waals surface area contributed by atoms with E-state index < -0.39 is 18.6 Å². The fraction of sp³-hybridized carbons (Fsp3) is 0.429. The maximum atomic E-state index is 12.6. The quantitative estimate of drug-likeness (QED) is 0.594. The monoisotopic (exact) mass is 146 g/mol. The second-order valence-electron chi connectivity index (χ2n) is 2.14. The van der Waals surface area contributed by atoms with E-state index in [4.69, 9.17) is 5.11 Å². The van der Waals surface area contributed by atoms with Gasteiger partial charge in [-0.3, -0.25) is 0 Å². The molecule has 0 aromatic carbocycles. The molecule has 10 heavy (non-hydrogen) atoms. The minimum absolute atomic E-state index is 0.137. The van der Waals surface area contributed by atoms with E-state index >= 15 is 0 Å². The summed E-state index contributed by atoms with van der Waals surface area (Å²) >= 11 is 0. The molecule has 1 rings (SSSR count). The summed E-state index contributed by atoms with van der Waals surface area (Å²) in [7, 11) is 0. The summed E-state index contributed by atoms with van der Waals surface area (Å²) in [5.74, 6) is -0.638. The van der Waals surface area contributed by atoms with Crippen molar-refractivity contribution < 1.29 is 13.9 Å². The standard InChI is InChI=1S/C7H8F2O/c8-6-2-1-3-7(9)5(6)4-10/h1-2,7,10H,3-4H2. The van der Waals surface area contributed by atoms with Crippen LogP contribution in [0.3, 0.4) is 0 Å². The largest absolute Gasteiger partial charge is 0.392 e. The Morgan fingerprint density at radius 2 is 2.40 bits per heavy atom. The highest BCUT2D eigenvalue weighted by atomic mass is 19.1. The predicted molar refractivity (Wildman–Crippen MR) is 33.9 cm³/mol. The van der Waals surface area contributed by atoms with E-state index in [2.05, 4.69) is 0 Å². The minimum Gasteiger partial charge on any atom is -0.392 e. The Morgan fingerprint density at radius 3 is 2.80 bits per heavy atom. The van der Waals surface area contributed by atoms with Gasteiger partial charge in [-0.1, -0.05) is 6.08 Å². The second-order valence-corrected chi connectivity index (χ2v) is 2.14. The van der Waals surface area contributed by atoms with Gasteiger partial charge in [-0.25, -0.2) is 8.78 Å². The molecule has 1 atom stereocenters. The van der Waals surface area contributed by atoms with Crippen LogP contribution in [0.15, 0.2) is 23.6 Å². The second kappa shape index (κ2) is 2.92. The van der Waals surface area contributed by atoms with Crippen molar-refractivity contribution in [3.05, 3.63) is 23.6 Å². The summed E-state index contributed by atoms with van der Waals surface area (Å²) in [4.78, 5) is 0. The van der Waals surface area contributed by atoms with Crippen LogP contribution in [0.4, 0.5) is 8.78 Å². The smallest absolute Gasteiger partial charge is 0.130 e. The lowest BCUT2D eigenvalue weighted by molar-refractivity contribution is 0.276. The third-order valence-electron chi connectivity index (χ3n) is 1.46. The van der Waals surface area contributed by atoms with Crippen LogP contribution in [0.1, 0.15) is 6.42 Å². The molecule has 0 fully saturated rings. The van der Waals surface area contributed by atoms with Crippen LogP contribution in [-0.4, -0.2) is 17.9 Å². The maximum absolute atomic E-state index is 12.6. The van der Waals surface area contributed by atoms with Gasteiger partial charge in [0.25, 0.3) is 0 Å². The van der Waals surface area contributed by atoms with Gasteiger partial charge in [-0.05, 0) is 6.08 Å². The Hall–Kier alpha value is -0.700. The van der Waals surface area contributed by atoms with Crippen molar-refractivity contribution in [3.63, 3.8) is 0 Å². The van der Waals surface area contributed by atoms with Gasteiger partial charge in [0.15, 0.2) is 0 Å². The van der Waals surface area contributed by atoms with Crippen molar-refractivity contribution in [1.82, 2.24) is 0 Å². The number of rotatable bonds is 1. The van der Waals surface area contributed by atoms with E-state index in [1.165, 1.54) is 12.2 Å². The van der Waals surface area contributed by atoms with Gasteiger partial charge >= 0.3 is 0 Å². The number of hydrogen-bond acceptors (Lipinski definition) is 1. The number of aliphatic hydroxyl groups excluding tert-OH is 1. The van der Waals surface area contributed by atoms with Gasteiger partial charge in [-0.2, -0.15) is 0 Å². The Bertz CT molecular complexity index is 184. The van der Waals surface area contributed by atoms with Gasteiger partial charge < -0.3 is 5.11 Å². The summed E-state index contributed by atoms with van der Waals surface area (Å²) in [5, 5.41) is 8.46. The summed E-state index contributed by atoms with van der Waals surface area (Å²) in [6.07, 6.45) is 1.43. The Kier molecular flexibility index (Phi) is 2.17. The minimum atomic E-state index is -1.34. The van der Waals surface area contributed by atoms with Crippen LogP contribution in [0.5, 0.6) is 0 Å². The lowest BCUT2D eigenvalue weighted by atomic mass is 10.0. The van der Waals surface area contributed by atoms with E-state index in [0.717, 1.165) is 0 Å². The zero-order valence-electron chi connectivity index (χ0n) is 5.35. The Labute approximate surface area is 57.7 Å². The molecule has 0 amide bonds. The Morgan fingerprint density at radius 1 is 1.70 bits per heavy atom. The van der Waals surface area contributed by atoms with Crippen LogP contribution in [-0.2, 0) is 0 Å². The first-order valence-electron chi connectivity index (χ1n) is 3.05. The lowest BCUT2D eigenvalue weighted by Gasteiger charge is -2.12. The highest BCUT2D eigenvalue weighted by molar-refractivity contribution is 5.27. The van der Waals surface area contributed by atoms with E-state index in [1.54, 1.807) is 0 Å². The fourth-order valence-electron chi connectivity index (χ4n) is 0.864. The maximum Gasteiger partial charge on any atom is 0.130 e. The van der Waals surface area contributed by atoms with Crippen LogP contribution in [0.2, 0.25) is 0 Å². The van der Waals surface area contributed by atoms with Gasteiger partial charge in [0.2, 0.25) is 0 Å². The molecule has 1 aliphatic carbocycles. The Balaban J connectivity index is 2.83. The van der Waals surface area contributed by atoms with Crippen molar-refractivity contribution in [2.75, 3.05) is 6.61 Å². The highest BCUT2D eigenvalue weighted by Crippen LogP contribution is 2.22. The summed E-state index contributed by atoms with van der Waals surface area (Å²) in [6, 6.07) is 0. The topological polar surface area (TPSA) is 20.2 Å². The number of alkyl halides is 1. The number of halogens is 2. The molecule has 56 valence electrons. The molecule has 0 aromatic rings. The number of aliphatic hydroxyl groups is 1. The normalized spacial score (nSPS) is 25.7. The molecule has 0 saturated heterocycles. The molecule has 0 spiro atoms. The van der Waals surface area contributed by atoms with Crippen molar-refractivity contribution in [1.29, 1.82) is 0 Å². The van der Waals surface area contributed by atoms with E-state index in [9.17, 15) is 8.78 Å². The van der Waals surface area contributed by atoms with Gasteiger partial charge in [0.05, 0.1) is 6.61 Å². The lowest BCUT2D eigenvalue weighted by Crippen LogP contribution is -2.11. The molecule has 1 N–H and O–H groups in total. The molecular weight excluding hydrogens is 138 g/mol. The molecule has 0 aliphatic heterocycles. The van der Waals surface area contributed by atoms with Crippen LogP contribution < -0.4 is 0 Å². The molecular formula is C7H8F2O. The van der Waals surface area contributed by atoms with Crippen molar-refractivity contribution in [2.24, 2.45) is 0 Å². The molecule has 0 bridgehead atoms. The fourth-order valence-corrected chi connectivity index (χ4v) is 0.864. The molecule has 0 heterocycles. The first kappa shape index (κ1) is 7.41. The first-order chi connectivity index (χ1) is 4.75.